The Labute approximate surface area is 98.5 Å². The number of nitrogen functional groups attached to an aromatic ring is 1. The summed E-state index contributed by atoms with van der Waals surface area (Å²) < 4.78 is 7.23. The van der Waals surface area contributed by atoms with Gasteiger partial charge in [-0.2, -0.15) is 0 Å². The van der Waals surface area contributed by atoms with Crippen molar-refractivity contribution in [3.63, 3.8) is 0 Å². The van der Waals surface area contributed by atoms with Gasteiger partial charge in [0.25, 0.3) is 0 Å². The highest BCUT2D eigenvalue weighted by Gasteiger charge is 2.18. The van der Waals surface area contributed by atoms with Crippen LogP contribution in [0.5, 0.6) is 0 Å². The molecule has 0 radical (unpaired) electrons. The van der Waals surface area contributed by atoms with E-state index in [1.807, 2.05) is 17.8 Å². The van der Waals surface area contributed by atoms with E-state index in [0.29, 0.717) is 24.9 Å². The smallest absolute Gasteiger partial charge is 0.198 e. The largest absolute Gasteiger partial charge is 0.383 e. The number of fused-ring (bicyclic) bond motifs is 1. The zero-order chi connectivity index (χ0) is 11.8. The molecule has 0 fully saturated rings. The van der Waals surface area contributed by atoms with Crippen LogP contribution in [0.15, 0.2) is 12.4 Å². The quantitative estimate of drug-likeness (QED) is 0.774. The van der Waals surface area contributed by atoms with E-state index in [9.17, 15) is 0 Å². The first-order chi connectivity index (χ1) is 8.25. The van der Waals surface area contributed by atoms with Gasteiger partial charge in [0.15, 0.2) is 11.6 Å². The number of aryl methyl sites for hydroxylation is 1. The van der Waals surface area contributed by atoms with Crippen LogP contribution in [0.1, 0.15) is 11.3 Å². The average molecular weight is 231 g/mol. The molecule has 0 atom stereocenters. The van der Waals surface area contributed by atoms with Gasteiger partial charge in [-0.15, -0.1) is 0 Å². The topological polar surface area (TPSA) is 78.9 Å². The van der Waals surface area contributed by atoms with E-state index in [0.717, 1.165) is 23.5 Å². The zero-order valence-corrected chi connectivity index (χ0v) is 9.55. The summed E-state index contributed by atoms with van der Waals surface area (Å²) in [5, 5.41) is 0. The lowest BCUT2D eigenvalue weighted by Gasteiger charge is -2.17. The van der Waals surface area contributed by atoms with Crippen molar-refractivity contribution in [1.29, 1.82) is 0 Å². The Morgan fingerprint density at radius 3 is 3.06 bits per heavy atom. The Morgan fingerprint density at radius 2 is 2.29 bits per heavy atom. The van der Waals surface area contributed by atoms with Gasteiger partial charge >= 0.3 is 0 Å². The van der Waals surface area contributed by atoms with Gasteiger partial charge in [-0.1, -0.05) is 0 Å². The molecule has 0 amide bonds. The first-order valence-electron chi connectivity index (χ1n) is 5.46. The molecule has 0 aliphatic carbocycles. The minimum Gasteiger partial charge on any atom is -0.383 e. The normalized spacial score (nSPS) is 14.6. The maximum atomic E-state index is 5.93. The van der Waals surface area contributed by atoms with E-state index >= 15 is 0 Å². The molecule has 6 heteroatoms. The molecule has 2 aromatic rings. The molecule has 3 heterocycles. The summed E-state index contributed by atoms with van der Waals surface area (Å²) in [5.41, 5.74) is 7.82. The predicted octanol–water partition coefficient (Wildman–Crippen LogP) is 0.532. The van der Waals surface area contributed by atoms with Crippen molar-refractivity contribution in [1.82, 2.24) is 19.5 Å². The fraction of sp³-hybridized carbons (Fsp3) is 0.364. The molecular formula is C11H13N5O. The third-order valence-corrected chi connectivity index (χ3v) is 2.88. The molecule has 0 aromatic carbocycles. The molecular weight excluding hydrogens is 218 g/mol. The fourth-order valence-electron chi connectivity index (χ4n) is 1.94. The van der Waals surface area contributed by atoms with Crippen LogP contribution in [0.3, 0.4) is 0 Å². The number of hydrogen-bond donors (Lipinski definition) is 1. The fourth-order valence-corrected chi connectivity index (χ4v) is 1.94. The summed E-state index contributed by atoms with van der Waals surface area (Å²) >= 11 is 0. The Morgan fingerprint density at radius 1 is 1.41 bits per heavy atom. The van der Waals surface area contributed by atoms with Crippen molar-refractivity contribution < 1.29 is 4.74 Å². The third-order valence-electron chi connectivity index (χ3n) is 2.88. The zero-order valence-electron chi connectivity index (χ0n) is 9.55. The number of hydrogen-bond acceptors (Lipinski definition) is 5. The molecule has 0 spiro atoms. The van der Waals surface area contributed by atoms with Crippen molar-refractivity contribution in [2.24, 2.45) is 7.05 Å². The van der Waals surface area contributed by atoms with E-state index in [1.165, 1.54) is 0 Å². The number of imidazole rings is 1. The van der Waals surface area contributed by atoms with Crippen molar-refractivity contribution in [2.45, 2.75) is 13.0 Å². The lowest BCUT2D eigenvalue weighted by Crippen LogP contribution is -2.16. The standard InChI is InChI=1S/C11H13N5O/c1-16-4-3-13-11(16)10-14-8-2-5-17-6-7(8)9(12)15-10/h3-4H,2,5-6H2,1H3,(H2,12,14,15). The third kappa shape index (κ3) is 1.66. The van der Waals surface area contributed by atoms with E-state index in [1.54, 1.807) is 6.20 Å². The average Bonchev–Trinajstić information content (AvgIpc) is 2.75. The highest BCUT2D eigenvalue weighted by Crippen LogP contribution is 2.23. The van der Waals surface area contributed by atoms with Gasteiger partial charge in [0, 0.05) is 31.4 Å². The monoisotopic (exact) mass is 231 g/mol. The summed E-state index contributed by atoms with van der Waals surface area (Å²) in [4.78, 5) is 13.0. The van der Waals surface area contributed by atoms with Gasteiger partial charge in [-0.25, -0.2) is 15.0 Å². The Kier molecular flexibility index (Phi) is 2.29. The SMILES string of the molecule is Cn1ccnc1-c1nc(N)c2c(n1)CCOC2. The number of anilines is 1. The summed E-state index contributed by atoms with van der Waals surface area (Å²) in [6.07, 6.45) is 4.36. The van der Waals surface area contributed by atoms with Gasteiger partial charge < -0.3 is 15.0 Å². The summed E-state index contributed by atoms with van der Waals surface area (Å²) in [6.45, 7) is 1.19. The summed E-state index contributed by atoms with van der Waals surface area (Å²) in [6, 6.07) is 0. The van der Waals surface area contributed by atoms with Crippen molar-refractivity contribution in [3.8, 4) is 11.6 Å². The van der Waals surface area contributed by atoms with Crippen LogP contribution in [-0.4, -0.2) is 26.1 Å². The van der Waals surface area contributed by atoms with Gasteiger partial charge in [0.05, 0.1) is 18.9 Å². The van der Waals surface area contributed by atoms with Crippen LogP contribution >= 0.6 is 0 Å². The molecule has 6 nitrogen and oxygen atoms in total. The minimum atomic E-state index is 0.493. The van der Waals surface area contributed by atoms with Crippen molar-refractivity contribution >= 4 is 5.82 Å². The van der Waals surface area contributed by atoms with Gasteiger partial charge in [0.1, 0.15) is 5.82 Å². The minimum absolute atomic E-state index is 0.493. The highest BCUT2D eigenvalue weighted by molar-refractivity contribution is 5.52. The second-order valence-electron chi connectivity index (χ2n) is 4.02. The molecule has 0 unspecified atom stereocenters. The molecule has 0 saturated carbocycles. The van der Waals surface area contributed by atoms with E-state index in [2.05, 4.69) is 15.0 Å². The Bertz CT molecular complexity index is 563. The van der Waals surface area contributed by atoms with Crippen LogP contribution < -0.4 is 5.73 Å². The van der Waals surface area contributed by atoms with Crippen LogP contribution in [0.4, 0.5) is 5.82 Å². The molecule has 88 valence electrons. The molecule has 0 saturated heterocycles. The van der Waals surface area contributed by atoms with E-state index in [4.69, 9.17) is 10.5 Å². The Hall–Kier alpha value is -1.95. The molecule has 1 aliphatic rings. The van der Waals surface area contributed by atoms with E-state index < -0.39 is 0 Å². The molecule has 3 rings (SSSR count). The summed E-state index contributed by atoms with van der Waals surface area (Å²) in [5.74, 6) is 1.80. The molecule has 1 aliphatic heterocycles. The molecule has 2 aromatic heterocycles. The van der Waals surface area contributed by atoms with Crippen LogP contribution in [0.25, 0.3) is 11.6 Å². The first kappa shape index (κ1) is 10.2. The van der Waals surface area contributed by atoms with Crippen molar-refractivity contribution in [2.75, 3.05) is 12.3 Å². The molecule has 2 N–H and O–H groups in total. The van der Waals surface area contributed by atoms with Gasteiger partial charge in [-0.05, 0) is 0 Å². The van der Waals surface area contributed by atoms with Gasteiger partial charge in [0.2, 0.25) is 0 Å². The number of nitrogens with two attached hydrogens (primary N) is 1. The second-order valence-corrected chi connectivity index (χ2v) is 4.02. The maximum absolute atomic E-state index is 5.93. The van der Waals surface area contributed by atoms with Crippen molar-refractivity contribution in [3.05, 3.63) is 23.7 Å². The number of aromatic nitrogens is 4. The lowest BCUT2D eigenvalue weighted by atomic mass is 10.1. The first-order valence-corrected chi connectivity index (χ1v) is 5.46. The maximum Gasteiger partial charge on any atom is 0.198 e. The van der Waals surface area contributed by atoms with Crippen LogP contribution in [0.2, 0.25) is 0 Å². The van der Waals surface area contributed by atoms with Crippen LogP contribution in [0, 0.1) is 0 Å². The molecule has 0 bridgehead atoms. The predicted molar refractivity (Wildman–Crippen MR) is 62.0 cm³/mol. The number of rotatable bonds is 1. The van der Waals surface area contributed by atoms with E-state index in [-0.39, 0.29) is 0 Å². The Balaban J connectivity index is 2.14. The summed E-state index contributed by atoms with van der Waals surface area (Å²) in [7, 11) is 1.91. The van der Waals surface area contributed by atoms with Gasteiger partial charge in [-0.3, -0.25) is 0 Å². The molecule has 17 heavy (non-hydrogen) atoms. The van der Waals surface area contributed by atoms with Crippen LogP contribution in [-0.2, 0) is 24.8 Å². The number of nitrogens with zero attached hydrogens (tertiary/aromatic N) is 4. The second kappa shape index (κ2) is 3.81. The highest BCUT2D eigenvalue weighted by atomic mass is 16.5. The number of ether oxygens (including phenoxy) is 1. The lowest BCUT2D eigenvalue weighted by molar-refractivity contribution is 0.109.